The van der Waals surface area contributed by atoms with Crippen LogP contribution in [0.1, 0.15) is 22.6 Å². The molecule has 0 aliphatic rings. The van der Waals surface area contributed by atoms with E-state index in [-0.39, 0.29) is 28.7 Å². The number of alkyl halides is 2. The van der Waals surface area contributed by atoms with E-state index in [0.717, 1.165) is 10.7 Å². The minimum absolute atomic E-state index is 0.123. The van der Waals surface area contributed by atoms with Gasteiger partial charge in [-0.05, 0) is 18.2 Å². The van der Waals surface area contributed by atoms with Crippen LogP contribution < -0.4 is 5.32 Å². The van der Waals surface area contributed by atoms with Gasteiger partial charge in [0.25, 0.3) is 12.3 Å². The van der Waals surface area contributed by atoms with E-state index in [0.29, 0.717) is 0 Å². The number of nitrogens with one attached hydrogen (secondary N) is 2. The molecule has 0 radical (unpaired) electrons. The number of halogens is 3. The highest BCUT2D eigenvalue weighted by molar-refractivity contribution is 6.02. The van der Waals surface area contributed by atoms with Crippen molar-refractivity contribution in [3.8, 4) is 11.4 Å². The van der Waals surface area contributed by atoms with E-state index in [4.69, 9.17) is 0 Å². The SMILES string of the molecule is Cn1nc(C(=O)Nc2n[nH]c(-c3ccccc3F)n2)cc1C(F)F. The summed E-state index contributed by atoms with van der Waals surface area (Å²) in [7, 11) is 1.31. The van der Waals surface area contributed by atoms with Crippen LogP contribution in [-0.2, 0) is 7.05 Å². The van der Waals surface area contributed by atoms with Gasteiger partial charge in [-0.2, -0.15) is 10.1 Å². The van der Waals surface area contributed by atoms with Gasteiger partial charge in [-0.3, -0.25) is 19.9 Å². The average molecular weight is 336 g/mol. The summed E-state index contributed by atoms with van der Waals surface area (Å²) in [6.45, 7) is 0. The molecule has 0 saturated heterocycles. The number of aromatic amines is 1. The smallest absolute Gasteiger partial charge is 0.280 e. The minimum atomic E-state index is -2.75. The largest absolute Gasteiger partial charge is 0.288 e. The van der Waals surface area contributed by atoms with E-state index in [1.165, 1.54) is 25.2 Å². The van der Waals surface area contributed by atoms with Gasteiger partial charge >= 0.3 is 0 Å². The maximum Gasteiger partial charge on any atom is 0.280 e. The first-order valence-corrected chi connectivity index (χ1v) is 6.76. The Morgan fingerprint density at radius 3 is 2.75 bits per heavy atom. The zero-order valence-corrected chi connectivity index (χ0v) is 12.3. The van der Waals surface area contributed by atoms with Crippen LogP contribution >= 0.6 is 0 Å². The number of nitrogens with zero attached hydrogens (tertiary/aromatic N) is 4. The lowest BCUT2D eigenvalue weighted by Gasteiger charge is -1.97. The number of amides is 1. The molecule has 0 bridgehead atoms. The van der Waals surface area contributed by atoms with E-state index >= 15 is 0 Å². The number of H-pyrrole nitrogens is 1. The molecule has 24 heavy (non-hydrogen) atoms. The predicted octanol–water partition coefficient (Wildman–Crippen LogP) is 2.53. The third-order valence-corrected chi connectivity index (χ3v) is 3.21. The van der Waals surface area contributed by atoms with E-state index < -0.39 is 18.1 Å². The van der Waals surface area contributed by atoms with Crippen molar-refractivity contribution >= 4 is 11.9 Å². The number of anilines is 1. The van der Waals surface area contributed by atoms with Gasteiger partial charge in [0.1, 0.15) is 11.5 Å². The van der Waals surface area contributed by atoms with Crippen LogP contribution in [0.3, 0.4) is 0 Å². The Morgan fingerprint density at radius 1 is 1.33 bits per heavy atom. The summed E-state index contributed by atoms with van der Waals surface area (Å²) >= 11 is 0. The first-order chi connectivity index (χ1) is 11.5. The highest BCUT2D eigenvalue weighted by Gasteiger charge is 2.20. The van der Waals surface area contributed by atoms with Gasteiger partial charge in [-0.1, -0.05) is 12.1 Å². The zero-order chi connectivity index (χ0) is 17.3. The summed E-state index contributed by atoms with van der Waals surface area (Å²) < 4.78 is 40.0. The van der Waals surface area contributed by atoms with Gasteiger partial charge in [-0.15, -0.1) is 5.10 Å². The van der Waals surface area contributed by atoms with E-state index in [9.17, 15) is 18.0 Å². The fraction of sp³-hybridized carbons (Fsp3) is 0.143. The van der Waals surface area contributed by atoms with Crippen molar-refractivity contribution in [2.75, 3.05) is 5.32 Å². The molecule has 2 N–H and O–H groups in total. The lowest BCUT2D eigenvalue weighted by molar-refractivity contribution is 0.102. The molecule has 1 aromatic carbocycles. The fourth-order valence-corrected chi connectivity index (χ4v) is 2.05. The lowest BCUT2D eigenvalue weighted by Crippen LogP contribution is -2.14. The molecule has 10 heteroatoms. The standard InChI is InChI=1S/C14H11F3N6O/c1-23-10(11(16)17)6-9(22-23)13(24)19-14-18-12(20-21-14)7-4-2-3-5-8(7)15/h2-6,11H,1H3,(H2,18,19,20,21,24). The third-order valence-electron chi connectivity index (χ3n) is 3.21. The number of carbonyl (C=O) groups excluding carboxylic acids is 1. The molecule has 1 amide bonds. The number of hydrogen-bond donors (Lipinski definition) is 2. The fourth-order valence-electron chi connectivity index (χ4n) is 2.05. The second kappa shape index (κ2) is 6.14. The van der Waals surface area contributed by atoms with Crippen molar-refractivity contribution in [3.63, 3.8) is 0 Å². The van der Waals surface area contributed by atoms with Crippen molar-refractivity contribution in [2.45, 2.75) is 6.43 Å². The second-order valence-corrected chi connectivity index (χ2v) is 4.82. The quantitative estimate of drug-likeness (QED) is 0.766. The molecule has 3 rings (SSSR count). The molecular formula is C14H11F3N6O. The maximum absolute atomic E-state index is 13.7. The molecule has 0 atom stereocenters. The highest BCUT2D eigenvalue weighted by Crippen LogP contribution is 2.21. The van der Waals surface area contributed by atoms with Crippen molar-refractivity contribution in [1.29, 1.82) is 0 Å². The van der Waals surface area contributed by atoms with Gasteiger partial charge in [0.15, 0.2) is 11.5 Å². The summed E-state index contributed by atoms with van der Waals surface area (Å²) in [6, 6.07) is 6.88. The Balaban J connectivity index is 1.79. The predicted molar refractivity (Wildman–Crippen MR) is 77.9 cm³/mol. The van der Waals surface area contributed by atoms with Crippen LogP contribution in [0.15, 0.2) is 30.3 Å². The third kappa shape index (κ3) is 2.98. The van der Waals surface area contributed by atoms with E-state index in [2.05, 4.69) is 25.6 Å². The van der Waals surface area contributed by atoms with Gasteiger partial charge < -0.3 is 0 Å². The van der Waals surface area contributed by atoms with Crippen LogP contribution in [0.4, 0.5) is 19.1 Å². The first-order valence-electron chi connectivity index (χ1n) is 6.76. The molecule has 0 saturated carbocycles. The number of benzene rings is 1. The zero-order valence-electron chi connectivity index (χ0n) is 12.3. The van der Waals surface area contributed by atoms with Crippen molar-refractivity contribution in [2.24, 2.45) is 7.05 Å². The molecule has 0 fully saturated rings. The summed E-state index contributed by atoms with van der Waals surface area (Å²) in [5.41, 5.74) is -0.407. The summed E-state index contributed by atoms with van der Waals surface area (Å²) in [5, 5.41) is 12.3. The van der Waals surface area contributed by atoms with Crippen molar-refractivity contribution in [1.82, 2.24) is 25.0 Å². The van der Waals surface area contributed by atoms with Crippen LogP contribution in [0.2, 0.25) is 0 Å². The van der Waals surface area contributed by atoms with E-state index in [1.54, 1.807) is 6.07 Å². The van der Waals surface area contributed by atoms with Crippen molar-refractivity contribution < 1.29 is 18.0 Å². The Labute approximate surface area is 133 Å². The number of carbonyl (C=O) groups is 1. The highest BCUT2D eigenvalue weighted by atomic mass is 19.3. The second-order valence-electron chi connectivity index (χ2n) is 4.82. The summed E-state index contributed by atoms with van der Waals surface area (Å²) in [5.74, 6) is -1.25. The number of hydrogen-bond acceptors (Lipinski definition) is 4. The molecule has 0 unspecified atom stereocenters. The minimum Gasteiger partial charge on any atom is -0.288 e. The monoisotopic (exact) mass is 336 g/mol. The molecule has 0 spiro atoms. The van der Waals surface area contributed by atoms with Crippen LogP contribution in [0.25, 0.3) is 11.4 Å². The number of aryl methyl sites for hydroxylation is 1. The topological polar surface area (TPSA) is 88.5 Å². The Bertz CT molecular complexity index is 888. The number of rotatable bonds is 4. The summed E-state index contributed by atoms with van der Waals surface area (Å²) in [6.07, 6.45) is -2.75. The molecule has 2 heterocycles. The number of aromatic nitrogens is 5. The molecule has 124 valence electrons. The Kier molecular flexibility index (Phi) is 4.02. The van der Waals surface area contributed by atoms with Crippen LogP contribution in [0.5, 0.6) is 0 Å². The summed E-state index contributed by atoms with van der Waals surface area (Å²) in [4.78, 5) is 16.0. The Morgan fingerprint density at radius 2 is 2.08 bits per heavy atom. The normalized spacial score (nSPS) is 11.0. The first kappa shape index (κ1) is 15.7. The molecule has 0 aliphatic heterocycles. The van der Waals surface area contributed by atoms with Crippen molar-refractivity contribution in [3.05, 3.63) is 47.5 Å². The van der Waals surface area contributed by atoms with Gasteiger partial charge in [0.05, 0.1) is 5.56 Å². The van der Waals surface area contributed by atoms with Gasteiger partial charge in [-0.25, -0.2) is 13.2 Å². The van der Waals surface area contributed by atoms with Crippen LogP contribution in [-0.4, -0.2) is 30.9 Å². The van der Waals surface area contributed by atoms with Gasteiger partial charge in [0.2, 0.25) is 5.95 Å². The molecular weight excluding hydrogens is 325 g/mol. The lowest BCUT2D eigenvalue weighted by atomic mass is 10.2. The maximum atomic E-state index is 13.7. The molecule has 0 aliphatic carbocycles. The van der Waals surface area contributed by atoms with Gasteiger partial charge in [0, 0.05) is 7.05 Å². The molecule has 2 aromatic heterocycles. The molecule has 3 aromatic rings. The average Bonchev–Trinajstić information content (AvgIpc) is 3.14. The van der Waals surface area contributed by atoms with E-state index in [1.807, 2.05) is 0 Å². The Hall–Kier alpha value is -3.17. The van der Waals surface area contributed by atoms with Crippen LogP contribution in [0, 0.1) is 5.82 Å². The molecule has 7 nitrogen and oxygen atoms in total.